The minimum absolute atomic E-state index is 0.0418. The van der Waals surface area contributed by atoms with E-state index in [0.29, 0.717) is 28.6 Å². The predicted octanol–water partition coefficient (Wildman–Crippen LogP) is 4.75. The van der Waals surface area contributed by atoms with Crippen LogP contribution in [0.3, 0.4) is 0 Å². The Labute approximate surface area is 200 Å². The molecule has 0 unspecified atom stereocenters. The van der Waals surface area contributed by atoms with Gasteiger partial charge < -0.3 is 14.6 Å². The van der Waals surface area contributed by atoms with Crippen LogP contribution in [0.25, 0.3) is 21.9 Å². The van der Waals surface area contributed by atoms with E-state index in [0.717, 1.165) is 11.8 Å². The van der Waals surface area contributed by atoms with Crippen LogP contribution < -0.4 is 10.9 Å². The second-order valence-electron chi connectivity index (χ2n) is 9.83. The van der Waals surface area contributed by atoms with Gasteiger partial charge in [0.05, 0.1) is 11.4 Å². The van der Waals surface area contributed by atoms with E-state index in [4.69, 9.17) is 4.74 Å². The van der Waals surface area contributed by atoms with Crippen LogP contribution in [0.1, 0.15) is 40.3 Å². The number of pyridine rings is 1. The normalized spacial score (nSPS) is 12.2. The lowest BCUT2D eigenvalue weighted by atomic mass is 9.96. The Hall–Kier alpha value is -3.13. The summed E-state index contributed by atoms with van der Waals surface area (Å²) in [4.78, 5) is 26.1. The Morgan fingerprint density at radius 1 is 1.06 bits per heavy atom. The maximum Gasteiger partial charge on any atom is 0.407 e. The number of rotatable bonds is 6. The second kappa shape index (κ2) is 9.62. The molecule has 182 valence electrons. The fraction of sp³-hybridized carbons (Fsp3) is 0.385. The van der Waals surface area contributed by atoms with Gasteiger partial charge in [-0.15, -0.1) is 0 Å². The third-order valence-electron chi connectivity index (χ3n) is 5.19. The number of carbonyl (C=O) groups is 1. The third kappa shape index (κ3) is 5.86. The molecular formula is C26H32N2O5S. The largest absolute Gasteiger partial charge is 0.444 e. The van der Waals surface area contributed by atoms with Gasteiger partial charge in [-0.25, -0.2) is 13.2 Å². The maximum atomic E-state index is 13.6. The summed E-state index contributed by atoms with van der Waals surface area (Å²) in [5.41, 5.74) is 1.21. The molecule has 0 aliphatic rings. The first-order valence-corrected chi connectivity index (χ1v) is 13.1. The number of carbonyl (C=O) groups excluding carboxylic acids is 1. The number of alkyl carbamates (subject to hydrolysis) is 1. The molecule has 0 spiro atoms. The van der Waals surface area contributed by atoms with Gasteiger partial charge in [0.2, 0.25) is 0 Å². The molecule has 3 rings (SSSR count). The monoisotopic (exact) mass is 484 g/mol. The highest BCUT2D eigenvalue weighted by atomic mass is 32.2. The number of ether oxygens (including phenoxy) is 1. The molecule has 0 fully saturated rings. The van der Waals surface area contributed by atoms with Gasteiger partial charge in [-0.1, -0.05) is 44.2 Å². The van der Waals surface area contributed by atoms with Gasteiger partial charge in [0.1, 0.15) is 5.60 Å². The third-order valence-corrected chi connectivity index (χ3v) is 6.30. The van der Waals surface area contributed by atoms with Gasteiger partial charge >= 0.3 is 6.09 Å². The highest BCUT2D eigenvalue weighted by Gasteiger charge is 2.22. The Bertz CT molecular complexity index is 1370. The maximum absolute atomic E-state index is 13.6. The molecule has 0 saturated heterocycles. The summed E-state index contributed by atoms with van der Waals surface area (Å²) in [7, 11) is -3.49. The van der Waals surface area contributed by atoms with Crippen molar-refractivity contribution in [1.82, 2.24) is 9.88 Å². The summed E-state index contributed by atoms with van der Waals surface area (Å²) < 4.78 is 31.7. The molecule has 0 bridgehead atoms. The molecule has 0 saturated carbocycles. The van der Waals surface area contributed by atoms with E-state index in [-0.39, 0.29) is 22.9 Å². The van der Waals surface area contributed by atoms with Crippen LogP contribution in [0.15, 0.2) is 58.2 Å². The van der Waals surface area contributed by atoms with Gasteiger partial charge in [0.25, 0.3) is 5.56 Å². The number of benzene rings is 2. The highest BCUT2D eigenvalue weighted by molar-refractivity contribution is 7.90. The summed E-state index contributed by atoms with van der Waals surface area (Å²) in [6.07, 6.45) is 0.543. The van der Waals surface area contributed by atoms with Crippen LogP contribution in [0.5, 0.6) is 0 Å². The van der Waals surface area contributed by atoms with Gasteiger partial charge in [0, 0.05) is 29.4 Å². The van der Waals surface area contributed by atoms with Crippen molar-refractivity contribution >= 4 is 26.7 Å². The average Bonchev–Trinajstić information content (AvgIpc) is 2.72. The van der Waals surface area contributed by atoms with Crippen LogP contribution in [0.4, 0.5) is 4.79 Å². The van der Waals surface area contributed by atoms with Gasteiger partial charge in [0.15, 0.2) is 9.84 Å². The lowest BCUT2D eigenvalue weighted by Gasteiger charge is -2.23. The van der Waals surface area contributed by atoms with Crippen molar-refractivity contribution in [1.29, 1.82) is 0 Å². The Kier molecular flexibility index (Phi) is 7.21. The molecule has 0 atom stereocenters. The zero-order chi connectivity index (χ0) is 25.3. The molecule has 34 heavy (non-hydrogen) atoms. The highest BCUT2D eigenvalue weighted by Crippen LogP contribution is 2.32. The first kappa shape index (κ1) is 25.5. The number of nitrogens with one attached hydrogen (secondary N) is 1. The molecule has 0 aliphatic heterocycles. The Morgan fingerprint density at radius 3 is 2.26 bits per heavy atom. The Morgan fingerprint density at radius 2 is 1.71 bits per heavy atom. The topological polar surface area (TPSA) is 94.5 Å². The van der Waals surface area contributed by atoms with E-state index >= 15 is 0 Å². The van der Waals surface area contributed by atoms with Crippen LogP contribution in [-0.2, 0) is 27.7 Å². The van der Waals surface area contributed by atoms with Crippen molar-refractivity contribution in [2.24, 2.45) is 5.92 Å². The Balaban J connectivity index is 2.34. The van der Waals surface area contributed by atoms with E-state index in [1.54, 1.807) is 37.5 Å². The summed E-state index contributed by atoms with van der Waals surface area (Å²) in [6.45, 7) is 9.83. The van der Waals surface area contributed by atoms with E-state index < -0.39 is 21.5 Å². The molecule has 8 heteroatoms. The zero-order valence-corrected chi connectivity index (χ0v) is 21.3. The molecular weight excluding hydrogens is 452 g/mol. The number of hydrogen-bond acceptors (Lipinski definition) is 5. The number of aromatic nitrogens is 1. The van der Waals surface area contributed by atoms with Gasteiger partial charge in [-0.05, 0) is 55.8 Å². The molecule has 0 aliphatic carbocycles. The van der Waals surface area contributed by atoms with Crippen molar-refractivity contribution in [2.75, 3.05) is 6.26 Å². The van der Waals surface area contributed by atoms with E-state index in [1.807, 2.05) is 44.2 Å². The first-order valence-electron chi connectivity index (χ1n) is 11.2. The quantitative estimate of drug-likeness (QED) is 0.545. The number of sulfone groups is 1. The summed E-state index contributed by atoms with van der Waals surface area (Å²) >= 11 is 0. The zero-order valence-electron chi connectivity index (χ0n) is 20.5. The molecule has 1 heterocycles. The second-order valence-corrected chi connectivity index (χ2v) is 11.8. The standard InChI is InChI=1S/C26H32N2O5S/c1-17(2)16-28-22(15-27-25(30)33-26(3,4)5)23(18-10-8-7-9-11-18)21-14-19(34(6,31)32)12-13-20(21)24(28)29/h7-14,17H,15-16H2,1-6H3,(H,27,30). The minimum Gasteiger partial charge on any atom is -0.444 e. The number of nitrogens with zero attached hydrogens (tertiary/aromatic N) is 1. The number of hydrogen-bond donors (Lipinski definition) is 1. The average molecular weight is 485 g/mol. The van der Waals surface area contributed by atoms with Crippen molar-refractivity contribution in [2.45, 2.75) is 58.2 Å². The van der Waals surface area contributed by atoms with Crippen molar-refractivity contribution in [3.05, 3.63) is 64.6 Å². The SMILES string of the molecule is CC(C)Cn1c(CNC(=O)OC(C)(C)C)c(-c2ccccc2)c2cc(S(C)(=O)=O)ccc2c1=O. The van der Waals surface area contributed by atoms with E-state index in [1.165, 1.54) is 6.07 Å². The van der Waals surface area contributed by atoms with Gasteiger partial charge in [-0.2, -0.15) is 0 Å². The molecule has 1 amide bonds. The lowest BCUT2D eigenvalue weighted by Crippen LogP contribution is -2.35. The lowest BCUT2D eigenvalue weighted by molar-refractivity contribution is 0.0522. The smallest absolute Gasteiger partial charge is 0.407 e. The molecule has 3 aromatic rings. The predicted molar refractivity (Wildman–Crippen MR) is 135 cm³/mol. The van der Waals surface area contributed by atoms with E-state index in [9.17, 15) is 18.0 Å². The van der Waals surface area contributed by atoms with Crippen LogP contribution in [-0.4, -0.2) is 30.9 Å². The van der Waals surface area contributed by atoms with Crippen LogP contribution in [0.2, 0.25) is 0 Å². The van der Waals surface area contributed by atoms with Crippen molar-refractivity contribution in [3.8, 4) is 11.1 Å². The van der Waals surface area contributed by atoms with Crippen molar-refractivity contribution in [3.63, 3.8) is 0 Å². The van der Waals surface area contributed by atoms with Gasteiger partial charge in [-0.3, -0.25) is 4.79 Å². The molecule has 7 nitrogen and oxygen atoms in total. The molecule has 0 radical (unpaired) electrons. The summed E-state index contributed by atoms with van der Waals surface area (Å²) in [5, 5.41) is 3.73. The fourth-order valence-electron chi connectivity index (χ4n) is 3.84. The first-order chi connectivity index (χ1) is 15.8. The summed E-state index contributed by atoms with van der Waals surface area (Å²) in [6, 6.07) is 14.0. The molecule has 1 N–H and O–H groups in total. The number of fused-ring (bicyclic) bond motifs is 1. The summed E-state index contributed by atoms with van der Waals surface area (Å²) in [5.74, 6) is 0.161. The molecule has 1 aromatic heterocycles. The van der Waals surface area contributed by atoms with Crippen LogP contribution >= 0.6 is 0 Å². The van der Waals surface area contributed by atoms with Crippen molar-refractivity contribution < 1.29 is 17.9 Å². The van der Waals surface area contributed by atoms with E-state index in [2.05, 4.69) is 5.32 Å². The number of amides is 1. The minimum atomic E-state index is -3.49. The molecule has 2 aromatic carbocycles. The fourth-order valence-corrected chi connectivity index (χ4v) is 4.49. The van der Waals surface area contributed by atoms with Crippen LogP contribution in [0, 0.1) is 5.92 Å².